The number of hydrogen-bond donors (Lipinski definition) is 3. The standard InChI is InChI=1S/C22H27N7O2S/c1-14(7-8-23)19-6-5-18(9-15(19)13-32(2,30)31)26-20-10-21(27-17-3-4-17)29-22(28-20)16(11-24)12-25-29/h5-6,9-10,12,14,17,27H,3-4,7-8,13,23H2,1-2H3,(H,26,28). The molecule has 0 radical (unpaired) electrons. The lowest BCUT2D eigenvalue weighted by Gasteiger charge is -2.18. The maximum absolute atomic E-state index is 12.0. The molecule has 1 aromatic carbocycles. The van der Waals surface area contributed by atoms with E-state index in [2.05, 4.69) is 33.7 Å². The van der Waals surface area contributed by atoms with Gasteiger partial charge >= 0.3 is 0 Å². The maximum Gasteiger partial charge on any atom is 0.177 e. The summed E-state index contributed by atoms with van der Waals surface area (Å²) < 4.78 is 25.7. The second-order valence-corrected chi connectivity index (χ2v) is 10.6. The number of hydrogen-bond acceptors (Lipinski definition) is 8. The molecule has 9 nitrogen and oxygen atoms in total. The summed E-state index contributed by atoms with van der Waals surface area (Å²) in [5.74, 6) is 1.41. The van der Waals surface area contributed by atoms with Gasteiger partial charge < -0.3 is 16.4 Å². The van der Waals surface area contributed by atoms with Crippen LogP contribution in [0.2, 0.25) is 0 Å². The molecule has 0 spiro atoms. The van der Waals surface area contributed by atoms with Crippen LogP contribution in [-0.4, -0.2) is 41.9 Å². The first-order valence-electron chi connectivity index (χ1n) is 10.6. The third-order valence-corrected chi connectivity index (χ3v) is 6.32. The molecule has 1 aliphatic rings. The average molecular weight is 454 g/mol. The number of nitriles is 1. The third kappa shape index (κ3) is 5.00. The molecule has 4 rings (SSSR count). The van der Waals surface area contributed by atoms with Crippen LogP contribution >= 0.6 is 0 Å². The minimum absolute atomic E-state index is 0.0467. The molecule has 32 heavy (non-hydrogen) atoms. The van der Waals surface area contributed by atoms with Gasteiger partial charge in [-0.3, -0.25) is 0 Å². The number of benzene rings is 1. The largest absolute Gasteiger partial charge is 0.367 e. The van der Waals surface area contributed by atoms with Gasteiger partial charge in [-0.05, 0) is 55.0 Å². The van der Waals surface area contributed by atoms with Crippen molar-refractivity contribution in [1.29, 1.82) is 5.26 Å². The molecule has 168 valence electrons. The highest BCUT2D eigenvalue weighted by molar-refractivity contribution is 7.89. The topological polar surface area (TPSA) is 138 Å². The van der Waals surface area contributed by atoms with Gasteiger partial charge in [0, 0.05) is 24.1 Å². The van der Waals surface area contributed by atoms with Crippen molar-refractivity contribution >= 4 is 32.8 Å². The van der Waals surface area contributed by atoms with E-state index >= 15 is 0 Å². The van der Waals surface area contributed by atoms with Crippen molar-refractivity contribution in [3.05, 3.63) is 47.2 Å². The summed E-state index contributed by atoms with van der Waals surface area (Å²) in [5, 5.41) is 20.4. The van der Waals surface area contributed by atoms with Gasteiger partial charge in [-0.15, -0.1) is 0 Å². The molecule has 3 aromatic rings. The Labute approximate surface area is 187 Å². The molecule has 0 amide bonds. The Kier molecular flexibility index (Phi) is 6.04. The van der Waals surface area contributed by atoms with Crippen LogP contribution in [0.1, 0.15) is 48.8 Å². The molecular weight excluding hydrogens is 426 g/mol. The summed E-state index contributed by atoms with van der Waals surface area (Å²) in [4.78, 5) is 4.57. The van der Waals surface area contributed by atoms with Crippen molar-refractivity contribution in [1.82, 2.24) is 14.6 Å². The van der Waals surface area contributed by atoms with E-state index in [0.717, 1.165) is 41.9 Å². The summed E-state index contributed by atoms with van der Waals surface area (Å²) in [6.45, 7) is 2.59. The predicted octanol–water partition coefficient (Wildman–Crippen LogP) is 2.92. The van der Waals surface area contributed by atoms with Crippen LogP contribution < -0.4 is 16.4 Å². The number of fused-ring (bicyclic) bond motifs is 1. The molecule has 10 heteroatoms. The zero-order valence-corrected chi connectivity index (χ0v) is 19.0. The first kappa shape index (κ1) is 22.0. The SMILES string of the molecule is CC(CCN)c1ccc(Nc2cc(NC3CC3)n3ncc(C#N)c3n2)cc1CS(C)(=O)=O. The van der Waals surface area contributed by atoms with Crippen LogP contribution in [0.15, 0.2) is 30.5 Å². The molecule has 1 fully saturated rings. The lowest BCUT2D eigenvalue weighted by atomic mass is 9.93. The fourth-order valence-electron chi connectivity index (χ4n) is 3.77. The van der Waals surface area contributed by atoms with Crippen molar-refractivity contribution in [2.75, 3.05) is 23.4 Å². The van der Waals surface area contributed by atoms with Crippen LogP contribution in [0, 0.1) is 11.3 Å². The van der Waals surface area contributed by atoms with Gasteiger partial charge in [-0.25, -0.2) is 13.4 Å². The van der Waals surface area contributed by atoms with Gasteiger partial charge in [0.05, 0.1) is 11.9 Å². The van der Waals surface area contributed by atoms with Gasteiger partial charge in [-0.1, -0.05) is 13.0 Å². The maximum atomic E-state index is 12.0. The second kappa shape index (κ2) is 8.76. The van der Waals surface area contributed by atoms with Gasteiger partial charge in [0.2, 0.25) is 0 Å². The average Bonchev–Trinajstić information content (AvgIpc) is 3.43. The normalized spacial score (nSPS) is 14.8. The Morgan fingerprint density at radius 1 is 1.34 bits per heavy atom. The summed E-state index contributed by atoms with van der Waals surface area (Å²) in [5.41, 5.74) is 9.01. The lowest BCUT2D eigenvalue weighted by Crippen LogP contribution is -2.11. The van der Waals surface area contributed by atoms with Crippen LogP contribution in [0.4, 0.5) is 17.3 Å². The smallest absolute Gasteiger partial charge is 0.177 e. The van der Waals surface area contributed by atoms with Gasteiger partial charge in [0.15, 0.2) is 15.5 Å². The number of nitrogens with two attached hydrogens (primary N) is 1. The summed E-state index contributed by atoms with van der Waals surface area (Å²) >= 11 is 0. The van der Waals surface area contributed by atoms with Crippen molar-refractivity contribution in [2.24, 2.45) is 5.73 Å². The Morgan fingerprint density at radius 2 is 2.12 bits per heavy atom. The van der Waals surface area contributed by atoms with Crippen LogP contribution in [0.3, 0.4) is 0 Å². The van der Waals surface area contributed by atoms with E-state index in [1.807, 2.05) is 24.3 Å². The highest BCUT2D eigenvalue weighted by Gasteiger charge is 2.23. The third-order valence-electron chi connectivity index (χ3n) is 5.49. The highest BCUT2D eigenvalue weighted by Crippen LogP contribution is 2.30. The number of nitrogens with one attached hydrogen (secondary N) is 2. The van der Waals surface area contributed by atoms with Gasteiger partial charge in [0.1, 0.15) is 23.3 Å². The van der Waals surface area contributed by atoms with Gasteiger partial charge in [-0.2, -0.15) is 14.9 Å². The number of aromatic nitrogens is 3. The van der Waals surface area contributed by atoms with E-state index in [0.29, 0.717) is 29.6 Å². The highest BCUT2D eigenvalue weighted by atomic mass is 32.2. The molecule has 1 aliphatic carbocycles. The Hall–Kier alpha value is -3.16. The Bertz CT molecular complexity index is 1290. The zero-order valence-electron chi connectivity index (χ0n) is 18.2. The number of nitrogens with zero attached hydrogens (tertiary/aromatic N) is 4. The van der Waals surface area contributed by atoms with E-state index < -0.39 is 9.84 Å². The molecule has 1 saturated carbocycles. The summed E-state index contributed by atoms with van der Waals surface area (Å²) in [6.07, 6.45) is 5.70. The minimum atomic E-state index is -3.21. The number of rotatable bonds is 9. The van der Waals surface area contributed by atoms with E-state index in [1.165, 1.54) is 12.5 Å². The van der Waals surface area contributed by atoms with E-state index in [9.17, 15) is 13.7 Å². The molecule has 1 atom stereocenters. The van der Waals surface area contributed by atoms with Crippen molar-refractivity contribution in [3.8, 4) is 6.07 Å². The van der Waals surface area contributed by atoms with Crippen molar-refractivity contribution in [2.45, 2.75) is 43.9 Å². The fraction of sp³-hybridized carbons (Fsp3) is 0.409. The molecule has 0 saturated heterocycles. The van der Waals surface area contributed by atoms with E-state index in [1.54, 1.807) is 4.52 Å². The fourth-order valence-corrected chi connectivity index (χ4v) is 4.59. The molecule has 0 aliphatic heterocycles. The lowest BCUT2D eigenvalue weighted by molar-refractivity contribution is 0.600. The monoisotopic (exact) mass is 453 g/mol. The van der Waals surface area contributed by atoms with E-state index in [-0.39, 0.29) is 11.7 Å². The minimum Gasteiger partial charge on any atom is -0.367 e. The van der Waals surface area contributed by atoms with Crippen molar-refractivity contribution < 1.29 is 8.42 Å². The molecular formula is C22H27N7O2S. The first-order valence-corrected chi connectivity index (χ1v) is 12.7. The quantitative estimate of drug-likeness (QED) is 0.449. The summed E-state index contributed by atoms with van der Waals surface area (Å²) in [7, 11) is -3.21. The second-order valence-electron chi connectivity index (χ2n) is 8.44. The number of anilines is 3. The van der Waals surface area contributed by atoms with Crippen LogP contribution in [-0.2, 0) is 15.6 Å². The molecule has 1 unspecified atom stereocenters. The van der Waals surface area contributed by atoms with Crippen LogP contribution in [0.25, 0.3) is 5.65 Å². The van der Waals surface area contributed by atoms with Crippen LogP contribution in [0.5, 0.6) is 0 Å². The molecule has 2 heterocycles. The molecule has 4 N–H and O–H groups in total. The number of sulfone groups is 1. The molecule has 2 aromatic heterocycles. The van der Waals surface area contributed by atoms with Gasteiger partial charge in [0.25, 0.3) is 0 Å². The first-order chi connectivity index (χ1) is 15.3. The van der Waals surface area contributed by atoms with Crippen molar-refractivity contribution in [3.63, 3.8) is 0 Å². The van der Waals surface area contributed by atoms with E-state index in [4.69, 9.17) is 5.73 Å². The Morgan fingerprint density at radius 3 is 2.78 bits per heavy atom. The predicted molar refractivity (Wildman–Crippen MR) is 125 cm³/mol. The zero-order chi connectivity index (χ0) is 22.9. The molecule has 0 bridgehead atoms. The summed E-state index contributed by atoms with van der Waals surface area (Å²) in [6, 6.07) is 10.1. The Balaban J connectivity index is 1.71.